The third kappa shape index (κ3) is 37.9. The van der Waals surface area contributed by atoms with E-state index in [9.17, 15) is 15.0 Å². The fourth-order valence-corrected chi connectivity index (χ4v) is 6.68. The summed E-state index contributed by atoms with van der Waals surface area (Å²) in [5.41, 5.74) is 0. The van der Waals surface area contributed by atoms with E-state index in [-0.39, 0.29) is 12.5 Å². The molecule has 1 amide bonds. The number of aliphatic hydroxyl groups excluding tert-OH is 2. The smallest absolute Gasteiger partial charge is 0.220 e. The summed E-state index contributed by atoms with van der Waals surface area (Å²) in [5.74, 6) is -0.0755. The van der Waals surface area contributed by atoms with Crippen LogP contribution in [0.5, 0.6) is 0 Å². The van der Waals surface area contributed by atoms with Gasteiger partial charge in [-0.2, -0.15) is 0 Å². The second-order valence-electron chi connectivity index (χ2n) is 15.1. The highest BCUT2D eigenvalue weighted by molar-refractivity contribution is 5.76. The summed E-state index contributed by atoms with van der Waals surface area (Å²) in [5, 5.41) is 23.0. The molecule has 0 aliphatic heterocycles. The molecule has 0 fully saturated rings. The number of rotatable bonds is 40. The quantitative estimate of drug-likeness (QED) is 0.0440. The van der Waals surface area contributed by atoms with Crippen molar-refractivity contribution in [1.82, 2.24) is 5.32 Å². The van der Waals surface area contributed by atoms with E-state index in [4.69, 9.17) is 0 Å². The van der Waals surface area contributed by atoms with Crippen LogP contribution in [0.4, 0.5) is 0 Å². The van der Waals surface area contributed by atoms with Gasteiger partial charge in [0.1, 0.15) is 0 Å². The second-order valence-corrected chi connectivity index (χ2v) is 15.1. The van der Waals surface area contributed by atoms with E-state index >= 15 is 0 Å². The largest absolute Gasteiger partial charge is 0.394 e. The van der Waals surface area contributed by atoms with Crippen LogP contribution in [0.2, 0.25) is 0 Å². The Labute approximate surface area is 312 Å². The predicted octanol–water partition coefficient (Wildman–Crippen LogP) is 13.8. The van der Waals surface area contributed by atoms with Crippen LogP contribution in [0.1, 0.15) is 232 Å². The highest BCUT2D eigenvalue weighted by Crippen LogP contribution is 2.15. The molecule has 50 heavy (non-hydrogen) atoms. The van der Waals surface area contributed by atoms with Crippen molar-refractivity contribution < 1.29 is 15.0 Å². The van der Waals surface area contributed by atoms with Crippen molar-refractivity contribution in [3.8, 4) is 0 Å². The molecular formula is C46H87NO3. The molecule has 3 N–H and O–H groups in total. The fraction of sp³-hybridized carbons (Fsp3) is 0.848. The number of carbonyl (C=O) groups excluding carboxylic acids is 1. The summed E-state index contributed by atoms with van der Waals surface area (Å²) < 4.78 is 0. The van der Waals surface area contributed by atoms with Crippen LogP contribution in [0.3, 0.4) is 0 Å². The van der Waals surface area contributed by atoms with Gasteiger partial charge in [-0.05, 0) is 44.9 Å². The van der Waals surface area contributed by atoms with Gasteiger partial charge in [0.2, 0.25) is 5.91 Å². The Bertz CT molecular complexity index is 760. The van der Waals surface area contributed by atoms with Gasteiger partial charge in [0.05, 0.1) is 18.8 Å². The van der Waals surface area contributed by atoms with Gasteiger partial charge in [-0.1, -0.05) is 217 Å². The van der Waals surface area contributed by atoms with Crippen molar-refractivity contribution in [1.29, 1.82) is 0 Å². The Balaban J connectivity index is 3.62. The standard InChI is InChI=1S/C46H87NO3/c1-3-5-7-9-11-13-15-17-19-21-23-24-25-27-29-31-33-35-37-39-41-45(49)44(43-48)47-46(50)42-40-38-36-34-32-30-28-26-22-20-18-16-14-12-10-8-6-4-2/h24-25,31,33,39,41,44-45,48-49H,3-23,26-30,32,34-38,40,42-43H2,1-2H3,(H,47,50)/b25-24+,33-31+,41-39+. The Morgan fingerprint density at radius 1 is 0.460 bits per heavy atom. The number of hydrogen-bond acceptors (Lipinski definition) is 3. The van der Waals surface area contributed by atoms with Crippen LogP contribution in [0.25, 0.3) is 0 Å². The van der Waals surface area contributed by atoms with E-state index in [0.717, 1.165) is 38.5 Å². The summed E-state index contributed by atoms with van der Waals surface area (Å²) in [4.78, 5) is 12.4. The van der Waals surface area contributed by atoms with Gasteiger partial charge in [0, 0.05) is 6.42 Å². The van der Waals surface area contributed by atoms with Crippen LogP contribution in [0, 0.1) is 0 Å². The fourth-order valence-electron chi connectivity index (χ4n) is 6.68. The van der Waals surface area contributed by atoms with Gasteiger partial charge in [0.15, 0.2) is 0 Å². The minimum absolute atomic E-state index is 0.0755. The zero-order chi connectivity index (χ0) is 36.4. The van der Waals surface area contributed by atoms with Crippen molar-refractivity contribution in [3.63, 3.8) is 0 Å². The summed E-state index contributed by atoms with van der Waals surface area (Å²) in [6.07, 6.45) is 55.4. The monoisotopic (exact) mass is 702 g/mol. The summed E-state index contributed by atoms with van der Waals surface area (Å²) >= 11 is 0. The molecular weight excluding hydrogens is 615 g/mol. The molecule has 4 nitrogen and oxygen atoms in total. The third-order valence-corrected chi connectivity index (χ3v) is 10.1. The molecule has 0 aromatic rings. The van der Waals surface area contributed by atoms with E-state index in [2.05, 4.69) is 43.5 Å². The van der Waals surface area contributed by atoms with Crippen molar-refractivity contribution in [2.45, 2.75) is 244 Å². The van der Waals surface area contributed by atoms with Gasteiger partial charge in [-0.25, -0.2) is 0 Å². The molecule has 4 heteroatoms. The minimum Gasteiger partial charge on any atom is -0.394 e. The van der Waals surface area contributed by atoms with Crippen molar-refractivity contribution in [2.24, 2.45) is 0 Å². The number of allylic oxidation sites excluding steroid dienone is 5. The second kappa shape index (κ2) is 42.0. The summed E-state index contributed by atoms with van der Waals surface area (Å²) in [7, 11) is 0. The highest BCUT2D eigenvalue weighted by atomic mass is 16.3. The number of amides is 1. The van der Waals surface area contributed by atoms with Gasteiger partial charge in [-0.3, -0.25) is 4.79 Å². The first-order valence-electron chi connectivity index (χ1n) is 22.2. The molecule has 0 saturated heterocycles. The third-order valence-electron chi connectivity index (χ3n) is 10.1. The molecule has 0 radical (unpaired) electrons. The Morgan fingerprint density at radius 2 is 0.780 bits per heavy atom. The molecule has 0 bridgehead atoms. The van der Waals surface area contributed by atoms with Crippen LogP contribution in [0.15, 0.2) is 36.5 Å². The SMILES string of the molecule is CCCCCCCCCCCC/C=C/CC/C=C/CC/C=C/C(O)C(CO)NC(=O)CCCCCCCCCCCCCCCCCCCC. The molecule has 0 aromatic carbocycles. The Morgan fingerprint density at radius 3 is 1.16 bits per heavy atom. The maximum Gasteiger partial charge on any atom is 0.220 e. The van der Waals surface area contributed by atoms with Gasteiger partial charge in [0.25, 0.3) is 0 Å². The van der Waals surface area contributed by atoms with E-state index in [1.54, 1.807) is 6.08 Å². The zero-order valence-corrected chi connectivity index (χ0v) is 33.7. The molecule has 294 valence electrons. The lowest BCUT2D eigenvalue weighted by Crippen LogP contribution is -2.45. The predicted molar refractivity (Wildman–Crippen MR) is 221 cm³/mol. The zero-order valence-electron chi connectivity index (χ0n) is 33.7. The van der Waals surface area contributed by atoms with E-state index < -0.39 is 12.1 Å². The Kier molecular flexibility index (Phi) is 40.9. The van der Waals surface area contributed by atoms with Crippen molar-refractivity contribution in [2.75, 3.05) is 6.61 Å². The first-order chi connectivity index (χ1) is 24.7. The molecule has 2 unspecified atom stereocenters. The van der Waals surface area contributed by atoms with Crippen molar-refractivity contribution in [3.05, 3.63) is 36.5 Å². The molecule has 0 aliphatic rings. The van der Waals surface area contributed by atoms with Gasteiger partial charge >= 0.3 is 0 Å². The first kappa shape index (κ1) is 48.6. The van der Waals surface area contributed by atoms with Crippen LogP contribution < -0.4 is 5.32 Å². The lowest BCUT2D eigenvalue weighted by atomic mass is 10.0. The number of hydrogen-bond donors (Lipinski definition) is 3. The number of nitrogens with one attached hydrogen (secondary N) is 1. The van der Waals surface area contributed by atoms with E-state index in [1.165, 1.54) is 173 Å². The molecule has 0 aromatic heterocycles. The van der Waals surface area contributed by atoms with Crippen LogP contribution in [-0.4, -0.2) is 34.9 Å². The maximum absolute atomic E-state index is 12.4. The van der Waals surface area contributed by atoms with Gasteiger partial charge in [-0.15, -0.1) is 0 Å². The van der Waals surface area contributed by atoms with Crippen molar-refractivity contribution >= 4 is 5.91 Å². The topological polar surface area (TPSA) is 69.6 Å². The summed E-state index contributed by atoms with van der Waals surface area (Å²) in [6.45, 7) is 4.30. The number of aliphatic hydroxyl groups is 2. The van der Waals surface area contributed by atoms with E-state index in [1.807, 2.05) is 6.08 Å². The first-order valence-corrected chi connectivity index (χ1v) is 22.2. The molecule has 0 aliphatic carbocycles. The van der Waals surface area contributed by atoms with Crippen LogP contribution in [-0.2, 0) is 4.79 Å². The molecule has 0 heterocycles. The molecule has 0 spiro atoms. The molecule has 0 saturated carbocycles. The highest BCUT2D eigenvalue weighted by Gasteiger charge is 2.17. The van der Waals surface area contributed by atoms with Crippen LogP contribution >= 0.6 is 0 Å². The average Bonchev–Trinajstić information content (AvgIpc) is 3.12. The number of unbranched alkanes of at least 4 members (excludes halogenated alkanes) is 29. The lowest BCUT2D eigenvalue weighted by Gasteiger charge is -2.19. The van der Waals surface area contributed by atoms with Gasteiger partial charge < -0.3 is 15.5 Å². The Hall–Kier alpha value is -1.39. The number of carbonyl (C=O) groups is 1. The average molecular weight is 702 g/mol. The summed E-state index contributed by atoms with van der Waals surface area (Å²) in [6, 6.07) is -0.642. The molecule has 0 rings (SSSR count). The molecule has 2 atom stereocenters. The maximum atomic E-state index is 12.4. The normalized spacial score (nSPS) is 13.3. The minimum atomic E-state index is -0.867. The lowest BCUT2D eigenvalue weighted by molar-refractivity contribution is -0.123. The van der Waals surface area contributed by atoms with E-state index in [0.29, 0.717) is 6.42 Å².